The van der Waals surface area contributed by atoms with Crippen LogP contribution < -0.4 is 15.4 Å². The predicted octanol–water partition coefficient (Wildman–Crippen LogP) is 6.06. The summed E-state index contributed by atoms with van der Waals surface area (Å²) in [5.74, 6) is 0.0466. The number of nitrogens with one attached hydrogen (secondary N) is 2. The summed E-state index contributed by atoms with van der Waals surface area (Å²) in [6, 6.07) is 21.4. The summed E-state index contributed by atoms with van der Waals surface area (Å²) in [7, 11) is 0. The SMILES string of the molecule is O=C1CCC=C2Nc3ccccc3N[C@@H](c3ccc(F)c(Oc4ccccc4)c3)[C@H]12. The number of rotatable bonds is 3. The van der Waals surface area contributed by atoms with E-state index in [1.54, 1.807) is 24.3 Å². The Balaban J connectivity index is 1.57. The van der Waals surface area contributed by atoms with Gasteiger partial charge in [0.05, 0.1) is 23.3 Å². The number of Topliss-reactive ketones (excluding diaryl/α,β-unsaturated/α-hetero) is 1. The van der Waals surface area contributed by atoms with Crippen LogP contribution in [-0.4, -0.2) is 5.78 Å². The highest BCUT2D eigenvalue weighted by Gasteiger charge is 2.37. The maximum Gasteiger partial charge on any atom is 0.165 e. The molecule has 2 N–H and O–H groups in total. The van der Waals surface area contributed by atoms with E-state index in [4.69, 9.17) is 4.74 Å². The van der Waals surface area contributed by atoms with Gasteiger partial charge in [0.15, 0.2) is 11.6 Å². The minimum atomic E-state index is -0.444. The smallest absolute Gasteiger partial charge is 0.165 e. The Morgan fingerprint density at radius 2 is 1.70 bits per heavy atom. The molecule has 150 valence electrons. The first-order valence-corrected chi connectivity index (χ1v) is 10.1. The third-order valence-corrected chi connectivity index (χ3v) is 5.57. The van der Waals surface area contributed by atoms with Crippen molar-refractivity contribution >= 4 is 17.2 Å². The Labute approximate surface area is 174 Å². The number of fused-ring (bicyclic) bond motifs is 2. The summed E-state index contributed by atoms with van der Waals surface area (Å²) in [5.41, 5.74) is 3.52. The van der Waals surface area contributed by atoms with Gasteiger partial charge in [-0.3, -0.25) is 4.79 Å². The molecule has 2 atom stereocenters. The highest BCUT2D eigenvalue weighted by atomic mass is 19.1. The summed E-state index contributed by atoms with van der Waals surface area (Å²) >= 11 is 0. The van der Waals surface area contributed by atoms with Crippen molar-refractivity contribution in [2.45, 2.75) is 18.9 Å². The molecular formula is C25H21FN2O2. The normalized spacial score (nSPS) is 20.0. The van der Waals surface area contributed by atoms with E-state index in [-0.39, 0.29) is 23.5 Å². The van der Waals surface area contributed by atoms with Crippen molar-refractivity contribution in [3.8, 4) is 11.5 Å². The molecule has 0 saturated carbocycles. The number of carbonyl (C=O) groups is 1. The summed E-state index contributed by atoms with van der Waals surface area (Å²) in [6.07, 6.45) is 3.31. The maximum absolute atomic E-state index is 14.5. The van der Waals surface area contributed by atoms with Gasteiger partial charge in [-0.05, 0) is 48.4 Å². The fourth-order valence-electron chi connectivity index (χ4n) is 4.13. The highest BCUT2D eigenvalue weighted by Crippen LogP contribution is 2.42. The number of hydrogen-bond acceptors (Lipinski definition) is 4. The third kappa shape index (κ3) is 3.43. The number of ether oxygens (including phenoxy) is 1. The van der Waals surface area contributed by atoms with E-state index in [2.05, 4.69) is 16.7 Å². The first-order chi connectivity index (χ1) is 14.7. The molecule has 0 amide bonds. The monoisotopic (exact) mass is 400 g/mol. The fourth-order valence-corrected chi connectivity index (χ4v) is 4.13. The lowest BCUT2D eigenvalue weighted by molar-refractivity contribution is -0.122. The van der Waals surface area contributed by atoms with Gasteiger partial charge < -0.3 is 15.4 Å². The topological polar surface area (TPSA) is 50.4 Å². The van der Waals surface area contributed by atoms with Gasteiger partial charge in [0.1, 0.15) is 11.5 Å². The van der Waals surface area contributed by atoms with Gasteiger partial charge in [-0.1, -0.05) is 42.5 Å². The van der Waals surface area contributed by atoms with Crippen LogP contribution in [0.15, 0.2) is 84.6 Å². The Hall–Kier alpha value is -3.60. The van der Waals surface area contributed by atoms with Gasteiger partial charge in [0, 0.05) is 12.1 Å². The Kier molecular flexibility index (Phi) is 4.71. The Morgan fingerprint density at radius 1 is 0.933 bits per heavy atom. The van der Waals surface area contributed by atoms with Crippen molar-refractivity contribution in [1.82, 2.24) is 0 Å². The van der Waals surface area contributed by atoms with Crippen molar-refractivity contribution in [3.63, 3.8) is 0 Å². The number of carbonyl (C=O) groups excluding carboxylic acids is 1. The van der Waals surface area contributed by atoms with E-state index in [1.165, 1.54) is 6.07 Å². The number of para-hydroxylation sites is 3. The molecule has 0 bridgehead atoms. The van der Waals surface area contributed by atoms with E-state index >= 15 is 0 Å². The van der Waals surface area contributed by atoms with Crippen molar-refractivity contribution in [3.05, 3.63) is 96.0 Å². The van der Waals surface area contributed by atoms with Crippen LogP contribution in [0.4, 0.5) is 15.8 Å². The van der Waals surface area contributed by atoms with Crippen LogP contribution in [0, 0.1) is 11.7 Å². The molecule has 3 aromatic carbocycles. The molecule has 3 aromatic rings. The first-order valence-electron chi connectivity index (χ1n) is 10.1. The van der Waals surface area contributed by atoms with Crippen LogP contribution in [0.3, 0.4) is 0 Å². The van der Waals surface area contributed by atoms with Crippen molar-refractivity contribution < 1.29 is 13.9 Å². The Morgan fingerprint density at radius 3 is 2.53 bits per heavy atom. The summed E-state index contributed by atoms with van der Waals surface area (Å²) in [4.78, 5) is 12.9. The van der Waals surface area contributed by atoms with E-state index < -0.39 is 5.82 Å². The maximum atomic E-state index is 14.5. The number of halogens is 1. The number of allylic oxidation sites excluding steroid dienone is 1. The zero-order valence-electron chi connectivity index (χ0n) is 16.3. The average Bonchev–Trinajstić information content (AvgIpc) is 2.93. The molecular weight excluding hydrogens is 379 g/mol. The minimum absolute atomic E-state index is 0.139. The minimum Gasteiger partial charge on any atom is -0.454 e. The predicted molar refractivity (Wildman–Crippen MR) is 115 cm³/mol. The van der Waals surface area contributed by atoms with Crippen molar-refractivity contribution in [2.75, 3.05) is 10.6 Å². The van der Waals surface area contributed by atoms with Gasteiger partial charge in [-0.2, -0.15) is 0 Å². The first kappa shape index (κ1) is 18.4. The molecule has 30 heavy (non-hydrogen) atoms. The fraction of sp³-hybridized carbons (Fsp3) is 0.160. The van der Waals surface area contributed by atoms with E-state index in [0.717, 1.165) is 29.1 Å². The second kappa shape index (κ2) is 7.67. The van der Waals surface area contributed by atoms with Gasteiger partial charge >= 0.3 is 0 Å². The lowest BCUT2D eigenvalue weighted by atomic mass is 9.82. The molecule has 5 rings (SSSR count). The number of hydrogen-bond donors (Lipinski definition) is 2. The quantitative estimate of drug-likeness (QED) is 0.561. The standard InChI is InChI=1S/C25H21FN2O2/c26-18-14-13-16(15-23(18)30-17-7-2-1-3-8-17)25-24-21(11-6-12-22(24)29)27-19-9-4-5-10-20(19)28-25/h1-5,7-11,13-15,24-25,27-28H,6,12H2/t24-,25-/m0/s1. The molecule has 0 spiro atoms. The molecule has 1 heterocycles. The molecule has 0 aromatic heterocycles. The molecule has 0 unspecified atom stereocenters. The largest absolute Gasteiger partial charge is 0.454 e. The van der Waals surface area contributed by atoms with Crippen LogP contribution in [0.25, 0.3) is 0 Å². The van der Waals surface area contributed by atoms with Crippen LogP contribution in [0.5, 0.6) is 11.5 Å². The van der Waals surface area contributed by atoms with E-state index in [9.17, 15) is 9.18 Å². The molecule has 2 aliphatic rings. The van der Waals surface area contributed by atoms with Gasteiger partial charge in [-0.15, -0.1) is 0 Å². The lowest BCUT2D eigenvalue weighted by Crippen LogP contribution is -2.31. The molecule has 5 heteroatoms. The van der Waals surface area contributed by atoms with Gasteiger partial charge in [0.25, 0.3) is 0 Å². The molecule has 4 nitrogen and oxygen atoms in total. The molecule has 0 saturated heterocycles. The second-order valence-corrected chi connectivity index (χ2v) is 7.54. The van der Waals surface area contributed by atoms with E-state index in [1.807, 2.05) is 42.5 Å². The summed E-state index contributed by atoms with van der Waals surface area (Å²) in [5, 5.41) is 6.94. The van der Waals surface area contributed by atoms with E-state index in [0.29, 0.717) is 12.2 Å². The van der Waals surface area contributed by atoms with Crippen LogP contribution in [0.1, 0.15) is 24.4 Å². The second-order valence-electron chi connectivity index (χ2n) is 7.54. The number of anilines is 2. The zero-order chi connectivity index (χ0) is 20.5. The number of ketones is 1. The molecule has 1 aliphatic carbocycles. The van der Waals surface area contributed by atoms with Crippen LogP contribution in [-0.2, 0) is 4.79 Å². The molecule has 1 aliphatic heterocycles. The number of benzene rings is 3. The van der Waals surface area contributed by atoms with Crippen LogP contribution in [0.2, 0.25) is 0 Å². The average molecular weight is 400 g/mol. The van der Waals surface area contributed by atoms with Crippen LogP contribution >= 0.6 is 0 Å². The summed E-state index contributed by atoms with van der Waals surface area (Å²) < 4.78 is 20.3. The van der Waals surface area contributed by atoms with Crippen molar-refractivity contribution in [2.24, 2.45) is 5.92 Å². The molecule has 0 radical (unpaired) electrons. The van der Waals surface area contributed by atoms with Gasteiger partial charge in [0.2, 0.25) is 0 Å². The van der Waals surface area contributed by atoms with Gasteiger partial charge in [-0.25, -0.2) is 4.39 Å². The molecule has 0 fully saturated rings. The zero-order valence-corrected chi connectivity index (χ0v) is 16.3. The third-order valence-electron chi connectivity index (χ3n) is 5.57. The van der Waals surface area contributed by atoms with Crippen molar-refractivity contribution in [1.29, 1.82) is 0 Å². The Bertz CT molecular complexity index is 1130. The highest BCUT2D eigenvalue weighted by molar-refractivity contribution is 5.89. The lowest BCUT2D eigenvalue weighted by Gasteiger charge is -2.29. The summed E-state index contributed by atoms with van der Waals surface area (Å²) in [6.45, 7) is 0.